The van der Waals surface area contributed by atoms with Crippen LogP contribution in [-0.4, -0.2) is 57.5 Å². The third-order valence-corrected chi connectivity index (χ3v) is 4.99. The van der Waals surface area contributed by atoms with Crippen LogP contribution in [0.25, 0.3) is 16.6 Å². The van der Waals surface area contributed by atoms with Crippen molar-refractivity contribution in [2.24, 2.45) is 5.92 Å². The number of aromatic nitrogens is 4. The fraction of sp³-hybridized carbons (Fsp3) is 0.368. The Hall–Kier alpha value is -2.80. The average molecular weight is 350 g/mol. The number of hydrogen-bond acceptors (Lipinski definition) is 5. The fourth-order valence-corrected chi connectivity index (χ4v) is 3.59. The second kappa shape index (κ2) is 6.84. The Labute approximate surface area is 152 Å². The van der Waals surface area contributed by atoms with E-state index in [1.807, 2.05) is 49.2 Å². The second-order valence-corrected chi connectivity index (χ2v) is 6.78. The van der Waals surface area contributed by atoms with E-state index in [0.717, 1.165) is 48.3 Å². The molecule has 1 N–H and O–H groups in total. The Balaban J connectivity index is 1.60. The minimum atomic E-state index is -0.0326. The molecule has 26 heavy (non-hydrogen) atoms. The molecule has 134 valence electrons. The normalized spacial score (nSPS) is 17.2. The lowest BCUT2D eigenvalue weighted by Gasteiger charge is -2.15. The molecule has 1 aliphatic heterocycles. The number of nitrogens with one attached hydrogen (secondary N) is 1. The van der Waals surface area contributed by atoms with Gasteiger partial charge in [0.1, 0.15) is 0 Å². The SMILES string of the molecule is CNCC1CCN(C(=O)c2nnn(-c3ccc4ncccc4c3)c2C)C1. The third-order valence-electron chi connectivity index (χ3n) is 4.99. The zero-order valence-electron chi connectivity index (χ0n) is 15.0. The standard InChI is InChI=1S/C19H22N6O/c1-13-18(19(26)24-9-7-14(12-24)11-20-2)22-23-25(13)16-5-6-17-15(10-16)4-3-8-21-17/h3-6,8,10,14,20H,7,9,11-12H2,1-2H3. The van der Waals surface area contributed by atoms with E-state index in [0.29, 0.717) is 11.6 Å². The van der Waals surface area contributed by atoms with Gasteiger partial charge in [0.15, 0.2) is 5.69 Å². The van der Waals surface area contributed by atoms with Gasteiger partial charge < -0.3 is 10.2 Å². The van der Waals surface area contributed by atoms with Crippen LogP contribution < -0.4 is 5.32 Å². The van der Waals surface area contributed by atoms with Crippen molar-refractivity contribution in [2.75, 3.05) is 26.7 Å². The van der Waals surface area contributed by atoms with E-state index in [2.05, 4.69) is 20.6 Å². The molecule has 1 amide bonds. The predicted molar refractivity (Wildman–Crippen MR) is 99.3 cm³/mol. The Morgan fingerprint density at radius 1 is 1.35 bits per heavy atom. The number of carbonyl (C=O) groups is 1. The minimum Gasteiger partial charge on any atom is -0.337 e. The zero-order valence-corrected chi connectivity index (χ0v) is 15.0. The molecular weight excluding hydrogens is 328 g/mol. The molecular formula is C19H22N6O. The molecule has 1 atom stereocenters. The number of likely N-dealkylation sites (tertiary alicyclic amines) is 1. The van der Waals surface area contributed by atoms with E-state index in [4.69, 9.17) is 0 Å². The summed E-state index contributed by atoms with van der Waals surface area (Å²) in [4.78, 5) is 19.1. The summed E-state index contributed by atoms with van der Waals surface area (Å²) in [5.41, 5.74) is 3.00. The molecule has 2 aromatic heterocycles. The van der Waals surface area contributed by atoms with Gasteiger partial charge in [-0.15, -0.1) is 5.10 Å². The number of benzene rings is 1. The number of pyridine rings is 1. The first-order valence-corrected chi connectivity index (χ1v) is 8.88. The maximum Gasteiger partial charge on any atom is 0.276 e. The first-order valence-electron chi connectivity index (χ1n) is 8.88. The van der Waals surface area contributed by atoms with E-state index in [9.17, 15) is 4.79 Å². The predicted octanol–water partition coefficient (Wildman–Crippen LogP) is 1.81. The quantitative estimate of drug-likeness (QED) is 0.777. The van der Waals surface area contributed by atoms with Gasteiger partial charge in [-0.3, -0.25) is 9.78 Å². The topological polar surface area (TPSA) is 75.9 Å². The molecule has 0 radical (unpaired) electrons. The highest BCUT2D eigenvalue weighted by molar-refractivity contribution is 5.93. The van der Waals surface area contributed by atoms with Crippen molar-refractivity contribution in [3.8, 4) is 5.69 Å². The van der Waals surface area contributed by atoms with Crippen LogP contribution >= 0.6 is 0 Å². The molecule has 7 nitrogen and oxygen atoms in total. The molecule has 7 heteroatoms. The third kappa shape index (κ3) is 2.94. The Morgan fingerprint density at radius 3 is 3.08 bits per heavy atom. The van der Waals surface area contributed by atoms with Crippen molar-refractivity contribution in [3.05, 3.63) is 47.9 Å². The second-order valence-electron chi connectivity index (χ2n) is 6.78. The smallest absolute Gasteiger partial charge is 0.276 e. The van der Waals surface area contributed by atoms with Gasteiger partial charge >= 0.3 is 0 Å². The van der Waals surface area contributed by atoms with Gasteiger partial charge in [0, 0.05) is 24.7 Å². The lowest BCUT2D eigenvalue weighted by atomic mass is 10.1. The van der Waals surface area contributed by atoms with Crippen molar-refractivity contribution in [1.29, 1.82) is 0 Å². The van der Waals surface area contributed by atoms with E-state index < -0.39 is 0 Å². The minimum absolute atomic E-state index is 0.0326. The fourth-order valence-electron chi connectivity index (χ4n) is 3.59. The molecule has 1 saturated heterocycles. The monoisotopic (exact) mass is 350 g/mol. The molecule has 0 aliphatic carbocycles. The molecule has 3 aromatic rings. The van der Waals surface area contributed by atoms with E-state index >= 15 is 0 Å². The summed E-state index contributed by atoms with van der Waals surface area (Å²) in [6.45, 7) is 4.37. The highest BCUT2D eigenvalue weighted by atomic mass is 16.2. The lowest BCUT2D eigenvalue weighted by molar-refractivity contribution is 0.0780. The first-order chi connectivity index (χ1) is 12.7. The molecule has 1 aromatic carbocycles. The maximum absolute atomic E-state index is 12.9. The van der Waals surface area contributed by atoms with Gasteiger partial charge in [-0.2, -0.15) is 0 Å². The largest absolute Gasteiger partial charge is 0.337 e. The van der Waals surface area contributed by atoms with Crippen molar-refractivity contribution in [2.45, 2.75) is 13.3 Å². The van der Waals surface area contributed by atoms with Crippen LogP contribution in [-0.2, 0) is 0 Å². The first kappa shape index (κ1) is 16.7. The van der Waals surface area contributed by atoms with Crippen molar-refractivity contribution >= 4 is 16.8 Å². The number of hydrogen-bond donors (Lipinski definition) is 1. The lowest BCUT2D eigenvalue weighted by Crippen LogP contribution is -2.31. The highest BCUT2D eigenvalue weighted by Crippen LogP contribution is 2.21. The summed E-state index contributed by atoms with van der Waals surface area (Å²) in [5.74, 6) is 0.474. The number of rotatable bonds is 4. The summed E-state index contributed by atoms with van der Waals surface area (Å²) >= 11 is 0. The number of fused-ring (bicyclic) bond motifs is 1. The Bertz CT molecular complexity index is 950. The summed E-state index contributed by atoms with van der Waals surface area (Å²) in [7, 11) is 1.94. The maximum atomic E-state index is 12.9. The summed E-state index contributed by atoms with van der Waals surface area (Å²) in [5, 5.41) is 12.6. The van der Waals surface area contributed by atoms with Crippen LogP contribution in [0.1, 0.15) is 22.6 Å². The van der Waals surface area contributed by atoms with Gasteiger partial charge in [0.2, 0.25) is 0 Å². The van der Waals surface area contributed by atoms with Crippen molar-refractivity contribution in [1.82, 2.24) is 30.2 Å². The van der Waals surface area contributed by atoms with Gasteiger partial charge in [0.05, 0.1) is 16.9 Å². The highest BCUT2D eigenvalue weighted by Gasteiger charge is 2.29. The van der Waals surface area contributed by atoms with Crippen LogP contribution in [0.2, 0.25) is 0 Å². The van der Waals surface area contributed by atoms with Crippen LogP contribution in [0.5, 0.6) is 0 Å². The van der Waals surface area contributed by atoms with Crippen LogP contribution in [0.15, 0.2) is 36.5 Å². The number of amides is 1. The van der Waals surface area contributed by atoms with E-state index in [1.165, 1.54) is 0 Å². The summed E-state index contributed by atoms with van der Waals surface area (Å²) in [6, 6.07) is 9.83. The summed E-state index contributed by atoms with van der Waals surface area (Å²) < 4.78 is 1.72. The molecule has 1 fully saturated rings. The molecule has 1 unspecified atom stereocenters. The van der Waals surface area contributed by atoms with Gasteiger partial charge in [0.25, 0.3) is 5.91 Å². The van der Waals surface area contributed by atoms with Crippen molar-refractivity contribution in [3.63, 3.8) is 0 Å². The van der Waals surface area contributed by atoms with Gasteiger partial charge in [-0.25, -0.2) is 4.68 Å². The molecule has 3 heterocycles. The Morgan fingerprint density at radius 2 is 2.23 bits per heavy atom. The number of nitrogens with zero attached hydrogens (tertiary/aromatic N) is 5. The van der Waals surface area contributed by atoms with Crippen LogP contribution in [0, 0.1) is 12.8 Å². The van der Waals surface area contributed by atoms with Crippen LogP contribution in [0.3, 0.4) is 0 Å². The number of carbonyl (C=O) groups excluding carboxylic acids is 1. The molecule has 0 saturated carbocycles. The molecule has 4 rings (SSSR count). The molecule has 0 spiro atoms. The zero-order chi connectivity index (χ0) is 18.1. The van der Waals surface area contributed by atoms with E-state index in [1.54, 1.807) is 10.9 Å². The average Bonchev–Trinajstić information content (AvgIpc) is 3.28. The van der Waals surface area contributed by atoms with Gasteiger partial charge in [-0.1, -0.05) is 11.3 Å². The molecule has 1 aliphatic rings. The van der Waals surface area contributed by atoms with E-state index in [-0.39, 0.29) is 5.91 Å². The van der Waals surface area contributed by atoms with Gasteiger partial charge in [-0.05, 0) is 57.1 Å². The van der Waals surface area contributed by atoms with Crippen molar-refractivity contribution < 1.29 is 4.79 Å². The Kier molecular flexibility index (Phi) is 4.38. The summed E-state index contributed by atoms with van der Waals surface area (Å²) in [6.07, 6.45) is 2.80. The van der Waals surface area contributed by atoms with Crippen LogP contribution in [0.4, 0.5) is 0 Å². The molecule has 0 bridgehead atoms.